The molecular weight excluding hydrogens is 393 g/mol. The number of anilines is 1. The number of nitrogens with one attached hydrogen (secondary N) is 1. The molecule has 3 aromatic carbocycles. The van der Waals surface area contributed by atoms with E-state index >= 15 is 0 Å². The minimum Gasteiger partial charge on any atom is -0.333 e. The lowest BCUT2D eigenvalue weighted by Gasteiger charge is -2.25. The van der Waals surface area contributed by atoms with Crippen molar-refractivity contribution in [3.05, 3.63) is 102 Å². The predicted octanol–water partition coefficient (Wildman–Crippen LogP) is 4.34. The van der Waals surface area contributed by atoms with Crippen LogP contribution in [0.25, 0.3) is 0 Å². The summed E-state index contributed by atoms with van der Waals surface area (Å²) in [7, 11) is 0. The van der Waals surface area contributed by atoms with Crippen LogP contribution in [0.4, 0.5) is 14.9 Å². The van der Waals surface area contributed by atoms with Crippen LogP contribution >= 0.6 is 0 Å². The zero-order valence-corrected chi connectivity index (χ0v) is 17.1. The third-order valence-corrected chi connectivity index (χ3v) is 5.31. The molecule has 1 N–H and O–H groups in total. The van der Waals surface area contributed by atoms with Crippen molar-refractivity contribution in [3.8, 4) is 0 Å². The molecule has 1 saturated heterocycles. The van der Waals surface area contributed by atoms with E-state index in [1.165, 1.54) is 12.1 Å². The summed E-state index contributed by atoms with van der Waals surface area (Å²) in [6.07, 6.45) is 0.216. The van der Waals surface area contributed by atoms with Crippen LogP contribution < -0.4 is 10.2 Å². The Bertz CT molecular complexity index is 984. The van der Waals surface area contributed by atoms with Gasteiger partial charge in [-0.25, -0.2) is 9.18 Å². The van der Waals surface area contributed by atoms with Crippen LogP contribution in [0.2, 0.25) is 0 Å². The highest BCUT2D eigenvalue weighted by atomic mass is 19.1. The predicted molar refractivity (Wildman–Crippen MR) is 118 cm³/mol. The van der Waals surface area contributed by atoms with Gasteiger partial charge in [0.25, 0.3) is 0 Å². The number of carbonyl (C=O) groups is 2. The average Bonchev–Trinajstić information content (AvgIpc) is 3.15. The van der Waals surface area contributed by atoms with Gasteiger partial charge in [0.05, 0.1) is 6.04 Å². The molecule has 0 spiro atoms. The molecule has 31 heavy (non-hydrogen) atoms. The molecule has 1 aliphatic rings. The molecule has 1 fully saturated rings. The summed E-state index contributed by atoms with van der Waals surface area (Å²) in [6, 6.07) is 24.9. The Morgan fingerprint density at radius 2 is 1.45 bits per heavy atom. The summed E-state index contributed by atoms with van der Waals surface area (Å²) in [4.78, 5) is 28.9. The average molecular weight is 417 g/mol. The Morgan fingerprint density at radius 3 is 2.00 bits per heavy atom. The van der Waals surface area contributed by atoms with Gasteiger partial charge in [0.15, 0.2) is 0 Å². The van der Waals surface area contributed by atoms with Crippen LogP contribution in [0.5, 0.6) is 0 Å². The highest BCUT2D eigenvalue weighted by Gasteiger charge is 2.32. The summed E-state index contributed by atoms with van der Waals surface area (Å²) < 4.78 is 13.2. The van der Waals surface area contributed by atoms with Gasteiger partial charge in [-0.1, -0.05) is 60.7 Å². The van der Waals surface area contributed by atoms with Crippen LogP contribution in [0, 0.1) is 5.82 Å². The lowest BCUT2D eigenvalue weighted by molar-refractivity contribution is -0.117. The van der Waals surface area contributed by atoms with Crippen LogP contribution in [-0.4, -0.2) is 29.4 Å². The molecule has 0 radical (unpaired) electrons. The van der Waals surface area contributed by atoms with Gasteiger partial charge < -0.3 is 15.1 Å². The van der Waals surface area contributed by atoms with Crippen molar-refractivity contribution >= 4 is 17.6 Å². The van der Waals surface area contributed by atoms with Crippen LogP contribution in [0.1, 0.15) is 17.5 Å². The van der Waals surface area contributed by atoms with E-state index in [4.69, 9.17) is 0 Å². The number of urea groups is 1. The lowest BCUT2D eigenvalue weighted by Crippen LogP contribution is -2.45. The van der Waals surface area contributed by atoms with Crippen LogP contribution in [-0.2, 0) is 17.9 Å². The van der Waals surface area contributed by atoms with E-state index in [1.807, 2.05) is 60.7 Å². The first-order chi connectivity index (χ1) is 15.1. The molecule has 5 nitrogen and oxygen atoms in total. The Kier molecular flexibility index (Phi) is 6.26. The molecule has 158 valence electrons. The number of halogens is 1. The first-order valence-corrected chi connectivity index (χ1v) is 10.3. The lowest BCUT2D eigenvalue weighted by atomic mass is 10.1. The van der Waals surface area contributed by atoms with Gasteiger partial charge in [-0.2, -0.15) is 0 Å². The van der Waals surface area contributed by atoms with Crippen molar-refractivity contribution in [1.29, 1.82) is 0 Å². The highest BCUT2D eigenvalue weighted by molar-refractivity contribution is 5.96. The van der Waals surface area contributed by atoms with Gasteiger partial charge in [-0.3, -0.25) is 4.79 Å². The molecule has 0 aromatic heterocycles. The van der Waals surface area contributed by atoms with Crippen molar-refractivity contribution in [3.63, 3.8) is 0 Å². The second-order valence-corrected chi connectivity index (χ2v) is 7.66. The smallest absolute Gasteiger partial charge is 0.318 e. The van der Waals surface area contributed by atoms with Gasteiger partial charge in [-0.15, -0.1) is 0 Å². The van der Waals surface area contributed by atoms with Crippen molar-refractivity contribution in [1.82, 2.24) is 10.2 Å². The Hall–Kier alpha value is -3.67. The van der Waals surface area contributed by atoms with Gasteiger partial charge >= 0.3 is 6.03 Å². The molecule has 6 heteroatoms. The standard InChI is InChI=1S/C25H24FN3O2/c26-21-11-13-23(14-12-21)29-18-22(15-24(29)30)27-25(31)28(16-19-7-3-1-4-8-19)17-20-9-5-2-6-10-20/h1-14,22H,15-18H2,(H,27,31). The molecule has 0 saturated carbocycles. The van der Waals surface area contributed by atoms with Crippen molar-refractivity contribution in [2.24, 2.45) is 0 Å². The number of benzene rings is 3. The van der Waals surface area contributed by atoms with Crippen molar-refractivity contribution in [2.75, 3.05) is 11.4 Å². The summed E-state index contributed by atoms with van der Waals surface area (Å²) in [5.74, 6) is -0.438. The van der Waals surface area contributed by atoms with E-state index in [2.05, 4.69) is 5.32 Å². The Morgan fingerprint density at radius 1 is 0.903 bits per heavy atom. The molecule has 1 unspecified atom stereocenters. The van der Waals surface area contributed by atoms with E-state index in [9.17, 15) is 14.0 Å². The number of hydrogen-bond donors (Lipinski definition) is 1. The zero-order chi connectivity index (χ0) is 21.6. The number of amides is 3. The summed E-state index contributed by atoms with van der Waals surface area (Å²) in [5, 5.41) is 3.01. The number of nitrogens with zero attached hydrogens (tertiary/aromatic N) is 2. The summed E-state index contributed by atoms with van der Waals surface area (Å²) >= 11 is 0. The molecule has 1 heterocycles. The van der Waals surface area contributed by atoms with E-state index in [1.54, 1.807) is 21.9 Å². The first kappa shape index (κ1) is 20.6. The number of rotatable bonds is 6. The van der Waals surface area contributed by atoms with E-state index < -0.39 is 0 Å². The molecule has 0 bridgehead atoms. The van der Waals surface area contributed by atoms with E-state index in [0.29, 0.717) is 25.3 Å². The Labute approximate surface area is 181 Å². The van der Waals surface area contributed by atoms with Crippen LogP contribution in [0.3, 0.4) is 0 Å². The SMILES string of the molecule is O=C(NC1CC(=O)N(c2ccc(F)cc2)C1)N(Cc1ccccc1)Cc1ccccc1. The quantitative estimate of drug-likeness (QED) is 0.649. The monoisotopic (exact) mass is 417 g/mol. The number of carbonyl (C=O) groups excluding carboxylic acids is 2. The largest absolute Gasteiger partial charge is 0.333 e. The second-order valence-electron chi connectivity index (χ2n) is 7.66. The van der Waals surface area contributed by atoms with Crippen molar-refractivity contribution in [2.45, 2.75) is 25.6 Å². The molecule has 4 rings (SSSR count). The summed E-state index contributed by atoms with van der Waals surface area (Å²) in [6.45, 7) is 1.29. The fraction of sp³-hybridized carbons (Fsp3) is 0.200. The van der Waals surface area contributed by atoms with Gasteiger partial charge in [0.2, 0.25) is 5.91 Å². The minimum absolute atomic E-state index is 0.0884. The first-order valence-electron chi connectivity index (χ1n) is 10.3. The maximum atomic E-state index is 13.2. The van der Waals surface area contributed by atoms with Gasteiger partial charge in [0, 0.05) is 31.7 Å². The van der Waals surface area contributed by atoms with E-state index in [0.717, 1.165) is 11.1 Å². The highest BCUT2D eigenvalue weighted by Crippen LogP contribution is 2.22. The zero-order valence-electron chi connectivity index (χ0n) is 17.1. The van der Waals surface area contributed by atoms with Gasteiger partial charge in [-0.05, 0) is 35.4 Å². The van der Waals surface area contributed by atoms with E-state index in [-0.39, 0.29) is 30.2 Å². The Balaban J connectivity index is 1.45. The van der Waals surface area contributed by atoms with Crippen LogP contribution in [0.15, 0.2) is 84.9 Å². The molecular formula is C25H24FN3O2. The fourth-order valence-corrected chi connectivity index (χ4v) is 3.75. The second kappa shape index (κ2) is 9.43. The third kappa shape index (κ3) is 5.28. The molecule has 1 atom stereocenters. The number of hydrogen-bond acceptors (Lipinski definition) is 2. The molecule has 3 amide bonds. The molecule has 3 aromatic rings. The minimum atomic E-state index is -0.349. The van der Waals surface area contributed by atoms with Gasteiger partial charge in [0.1, 0.15) is 5.82 Å². The maximum Gasteiger partial charge on any atom is 0.318 e. The molecule has 1 aliphatic heterocycles. The topological polar surface area (TPSA) is 52.7 Å². The summed E-state index contributed by atoms with van der Waals surface area (Å²) in [5.41, 5.74) is 2.70. The maximum absolute atomic E-state index is 13.2. The van der Waals surface area contributed by atoms with Crippen molar-refractivity contribution < 1.29 is 14.0 Å². The fourth-order valence-electron chi connectivity index (χ4n) is 3.75. The molecule has 0 aliphatic carbocycles. The third-order valence-electron chi connectivity index (χ3n) is 5.31. The normalized spacial score (nSPS) is 15.7.